The Bertz CT molecular complexity index is 346. The highest BCUT2D eigenvalue weighted by atomic mass is 79.9. The molecule has 0 atom stereocenters. The van der Waals surface area contributed by atoms with Gasteiger partial charge in [0.15, 0.2) is 5.88 Å². The third-order valence-electron chi connectivity index (χ3n) is 1.88. The highest BCUT2D eigenvalue weighted by molar-refractivity contribution is 9.10. The number of fused-ring (bicyclic) bond motifs is 1. The van der Waals surface area contributed by atoms with Crippen molar-refractivity contribution in [2.75, 3.05) is 0 Å². The van der Waals surface area contributed by atoms with E-state index in [4.69, 9.17) is 0 Å². The zero-order chi connectivity index (χ0) is 8.55. The molecule has 2 N–H and O–H groups in total. The van der Waals surface area contributed by atoms with Gasteiger partial charge in [0.2, 0.25) is 0 Å². The Balaban J connectivity index is 2.59. The Morgan fingerprint density at radius 1 is 1.42 bits per heavy atom. The molecule has 1 aliphatic rings. The summed E-state index contributed by atoms with van der Waals surface area (Å²) in [4.78, 5) is 0. The molecule has 0 aromatic heterocycles. The molecule has 1 aromatic carbocycles. The number of nitrogens with one attached hydrogen (secondary N) is 1. The van der Waals surface area contributed by atoms with Crippen LogP contribution in [-0.4, -0.2) is 5.11 Å². The van der Waals surface area contributed by atoms with Crippen LogP contribution in [0, 0.1) is 0 Å². The summed E-state index contributed by atoms with van der Waals surface area (Å²) in [6.07, 6.45) is 1.73. The molecule has 12 heavy (non-hydrogen) atoms. The average Bonchev–Trinajstić information content (AvgIpc) is 2.07. The van der Waals surface area contributed by atoms with Crippen LogP contribution >= 0.6 is 15.9 Å². The van der Waals surface area contributed by atoms with E-state index in [1.165, 1.54) is 5.56 Å². The Morgan fingerprint density at radius 3 is 3.08 bits per heavy atom. The van der Waals surface area contributed by atoms with E-state index in [1.54, 1.807) is 6.08 Å². The minimum Gasteiger partial charge on any atom is -0.495 e. The highest BCUT2D eigenvalue weighted by Gasteiger charge is 2.09. The van der Waals surface area contributed by atoms with Crippen LogP contribution in [0.1, 0.15) is 11.1 Å². The minimum atomic E-state index is 0.231. The van der Waals surface area contributed by atoms with Crippen LogP contribution in [0.4, 0.5) is 0 Å². The Morgan fingerprint density at radius 2 is 2.25 bits per heavy atom. The second kappa shape index (κ2) is 2.83. The molecule has 0 saturated heterocycles. The van der Waals surface area contributed by atoms with Gasteiger partial charge in [-0.2, -0.15) is 0 Å². The summed E-state index contributed by atoms with van der Waals surface area (Å²) in [7, 11) is 0. The zero-order valence-corrected chi connectivity index (χ0v) is 7.93. The monoisotopic (exact) mass is 225 g/mol. The fourth-order valence-electron chi connectivity index (χ4n) is 1.27. The fourth-order valence-corrected chi connectivity index (χ4v) is 1.79. The van der Waals surface area contributed by atoms with Crippen molar-refractivity contribution in [2.24, 2.45) is 0 Å². The van der Waals surface area contributed by atoms with Crippen molar-refractivity contribution < 1.29 is 5.11 Å². The Kier molecular flexibility index (Phi) is 1.81. The molecule has 1 aliphatic heterocycles. The number of rotatable bonds is 0. The summed E-state index contributed by atoms with van der Waals surface area (Å²) in [5.74, 6) is 0.231. The summed E-state index contributed by atoms with van der Waals surface area (Å²) < 4.78 is 1.02. The minimum absolute atomic E-state index is 0.231. The standard InChI is InChI=1S/C9H8BrNO/c10-8-3-1-2-6-5-11-9(12)4-7(6)8/h1-4,11-12H,5H2. The van der Waals surface area contributed by atoms with Gasteiger partial charge in [-0.25, -0.2) is 0 Å². The van der Waals surface area contributed by atoms with Gasteiger partial charge in [0, 0.05) is 17.1 Å². The number of benzene rings is 1. The number of aliphatic hydroxyl groups excluding tert-OH is 1. The van der Waals surface area contributed by atoms with E-state index >= 15 is 0 Å². The number of aliphatic hydroxyl groups is 1. The highest BCUT2D eigenvalue weighted by Crippen LogP contribution is 2.25. The zero-order valence-electron chi connectivity index (χ0n) is 6.34. The molecule has 1 heterocycles. The summed E-state index contributed by atoms with van der Waals surface area (Å²) in [6.45, 7) is 0.692. The van der Waals surface area contributed by atoms with Crippen molar-refractivity contribution in [1.82, 2.24) is 5.32 Å². The predicted octanol–water partition coefficient (Wildman–Crippen LogP) is 2.41. The van der Waals surface area contributed by atoms with Gasteiger partial charge in [0.25, 0.3) is 0 Å². The van der Waals surface area contributed by atoms with Gasteiger partial charge >= 0.3 is 0 Å². The van der Waals surface area contributed by atoms with Crippen molar-refractivity contribution >= 4 is 22.0 Å². The van der Waals surface area contributed by atoms with Crippen LogP contribution in [0.2, 0.25) is 0 Å². The first-order valence-corrected chi connectivity index (χ1v) is 4.48. The lowest BCUT2D eigenvalue weighted by Crippen LogP contribution is -2.17. The molecule has 0 amide bonds. The van der Waals surface area contributed by atoms with Gasteiger partial charge in [-0.1, -0.05) is 28.1 Å². The van der Waals surface area contributed by atoms with E-state index in [-0.39, 0.29) is 5.88 Å². The number of hydrogen-bond donors (Lipinski definition) is 2. The molecule has 2 rings (SSSR count). The smallest absolute Gasteiger partial charge is 0.185 e. The van der Waals surface area contributed by atoms with Gasteiger partial charge in [-0.3, -0.25) is 0 Å². The first-order chi connectivity index (χ1) is 5.77. The predicted molar refractivity (Wildman–Crippen MR) is 51.6 cm³/mol. The third kappa shape index (κ3) is 1.20. The van der Waals surface area contributed by atoms with Gasteiger partial charge in [-0.15, -0.1) is 0 Å². The van der Waals surface area contributed by atoms with Crippen molar-refractivity contribution in [3.05, 3.63) is 39.7 Å². The summed E-state index contributed by atoms with van der Waals surface area (Å²) >= 11 is 3.43. The molecule has 0 radical (unpaired) electrons. The molecule has 0 spiro atoms. The van der Waals surface area contributed by atoms with Gasteiger partial charge in [0.05, 0.1) is 0 Å². The van der Waals surface area contributed by atoms with Crippen LogP contribution < -0.4 is 5.32 Å². The van der Waals surface area contributed by atoms with E-state index in [0.29, 0.717) is 6.54 Å². The lowest BCUT2D eigenvalue weighted by molar-refractivity contribution is 0.365. The van der Waals surface area contributed by atoms with Crippen LogP contribution in [0.3, 0.4) is 0 Å². The first-order valence-electron chi connectivity index (χ1n) is 3.69. The molecular weight excluding hydrogens is 218 g/mol. The number of hydrogen-bond acceptors (Lipinski definition) is 2. The molecule has 1 aromatic rings. The normalized spacial score (nSPS) is 14.6. The largest absolute Gasteiger partial charge is 0.495 e. The Hall–Kier alpha value is -0.960. The lowest BCUT2D eigenvalue weighted by Gasteiger charge is -2.15. The van der Waals surface area contributed by atoms with Gasteiger partial charge in [0.1, 0.15) is 0 Å². The topological polar surface area (TPSA) is 32.3 Å². The number of halogens is 1. The maximum Gasteiger partial charge on any atom is 0.185 e. The van der Waals surface area contributed by atoms with Crippen LogP contribution in [0.15, 0.2) is 28.6 Å². The van der Waals surface area contributed by atoms with E-state index < -0.39 is 0 Å². The van der Waals surface area contributed by atoms with Crippen LogP contribution in [0.5, 0.6) is 0 Å². The molecule has 0 saturated carbocycles. The molecule has 0 bridgehead atoms. The quantitative estimate of drug-likeness (QED) is 0.711. The maximum absolute atomic E-state index is 9.21. The molecule has 3 heteroatoms. The molecule has 62 valence electrons. The van der Waals surface area contributed by atoms with E-state index in [2.05, 4.69) is 21.2 Å². The average molecular weight is 226 g/mol. The van der Waals surface area contributed by atoms with Crippen LogP contribution in [-0.2, 0) is 6.54 Å². The van der Waals surface area contributed by atoms with Crippen molar-refractivity contribution in [3.63, 3.8) is 0 Å². The molecule has 0 fully saturated rings. The second-order valence-corrected chi connectivity index (χ2v) is 3.55. The summed E-state index contributed by atoms with van der Waals surface area (Å²) in [5, 5.41) is 12.1. The van der Waals surface area contributed by atoms with Crippen molar-refractivity contribution in [2.45, 2.75) is 6.54 Å². The summed E-state index contributed by atoms with van der Waals surface area (Å²) in [5.41, 5.74) is 2.26. The first kappa shape index (κ1) is 7.68. The maximum atomic E-state index is 9.21. The van der Waals surface area contributed by atoms with Crippen LogP contribution in [0.25, 0.3) is 6.08 Å². The van der Waals surface area contributed by atoms with E-state index in [0.717, 1.165) is 10.0 Å². The van der Waals surface area contributed by atoms with E-state index in [9.17, 15) is 5.11 Å². The van der Waals surface area contributed by atoms with Gasteiger partial charge in [-0.05, 0) is 17.2 Å². The van der Waals surface area contributed by atoms with E-state index in [1.807, 2.05) is 18.2 Å². The fraction of sp³-hybridized carbons (Fsp3) is 0.111. The second-order valence-electron chi connectivity index (χ2n) is 2.70. The third-order valence-corrected chi connectivity index (χ3v) is 2.58. The molecule has 0 unspecified atom stereocenters. The Labute approximate surface area is 79.0 Å². The summed E-state index contributed by atoms with van der Waals surface area (Å²) in [6, 6.07) is 5.99. The molecular formula is C9H8BrNO. The van der Waals surface area contributed by atoms with Crippen molar-refractivity contribution in [1.29, 1.82) is 0 Å². The van der Waals surface area contributed by atoms with Gasteiger partial charge < -0.3 is 10.4 Å². The molecule has 2 nitrogen and oxygen atoms in total. The SMILES string of the molecule is OC1=Cc2c(Br)cccc2CN1. The van der Waals surface area contributed by atoms with Crippen molar-refractivity contribution in [3.8, 4) is 0 Å². The molecule has 0 aliphatic carbocycles. The lowest BCUT2D eigenvalue weighted by atomic mass is 10.1.